The summed E-state index contributed by atoms with van der Waals surface area (Å²) in [5.41, 5.74) is 4.58. The molecule has 0 saturated heterocycles. The molecule has 0 spiro atoms. The SMILES string of the molecule is COc1ccc(C(C)C)cc1-c1cc(C)nn1-c1ccc(S(N)(=O)=O)cc1. The van der Waals surface area contributed by atoms with Gasteiger partial charge in [-0.15, -0.1) is 0 Å². The lowest BCUT2D eigenvalue weighted by molar-refractivity contribution is 0.416. The molecule has 1 aromatic heterocycles. The molecular weight excluding hydrogens is 362 g/mol. The van der Waals surface area contributed by atoms with Crippen LogP contribution in [0.25, 0.3) is 16.9 Å². The van der Waals surface area contributed by atoms with Gasteiger partial charge in [0.05, 0.1) is 29.1 Å². The number of benzene rings is 2. The van der Waals surface area contributed by atoms with Gasteiger partial charge in [0.2, 0.25) is 10.0 Å². The van der Waals surface area contributed by atoms with Crippen LogP contribution in [0.15, 0.2) is 53.4 Å². The second kappa shape index (κ2) is 7.17. The van der Waals surface area contributed by atoms with Crippen LogP contribution in [0.4, 0.5) is 0 Å². The van der Waals surface area contributed by atoms with Gasteiger partial charge in [-0.3, -0.25) is 0 Å². The highest BCUT2D eigenvalue weighted by molar-refractivity contribution is 7.89. The minimum atomic E-state index is -3.73. The van der Waals surface area contributed by atoms with E-state index in [0.717, 1.165) is 28.4 Å². The maximum Gasteiger partial charge on any atom is 0.238 e. The number of rotatable bonds is 5. The molecule has 0 atom stereocenters. The standard InChI is InChI=1S/C20H23N3O3S/c1-13(2)15-5-10-20(26-4)18(12-15)19-11-14(3)22-23(19)16-6-8-17(9-7-16)27(21,24)25/h5-13H,1-4H3,(H2,21,24,25). The normalized spacial score (nSPS) is 11.8. The number of hydrogen-bond donors (Lipinski definition) is 1. The topological polar surface area (TPSA) is 87.2 Å². The molecule has 6 nitrogen and oxygen atoms in total. The monoisotopic (exact) mass is 385 g/mol. The third-order valence-corrected chi connectivity index (χ3v) is 5.34. The van der Waals surface area contributed by atoms with Crippen LogP contribution in [0.2, 0.25) is 0 Å². The van der Waals surface area contributed by atoms with Gasteiger partial charge in [0.15, 0.2) is 0 Å². The van der Waals surface area contributed by atoms with E-state index < -0.39 is 10.0 Å². The van der Waals surface area contributed by atoms with Crippen molar-refractivity contribution < 1.29 is 13.2 Å². The Balaban J connectivity index is 2.16. The number of aromatic nitrogens is 2. The third kappa shape index (κ3) is 3.89. The molecule has 7 heteroatoms. The first-order chi connectivity index (χ1) is 12.7. The number of aryl methyl sites for hydroxylation is 1. The molecule has 2 N–H and O–H groups in total. The number of nitrogens with zero attached hydrogens (tertiary/aromatic N) is 2. The van der Waals surface area contributed by atoms with E-state index in [-0.39, 0.29) is 4.90 Å². The number of nitrogens with two attached hydrogens (primary N) is 1. The molecule has 27 heavy (non-hydrogen) atoms. The predicted octanol–water partition coefficient (Wildman–Crippen LogP) is 3.63. The highest BCUT2D eigenvalue weighted by Gasteiger charge is 2.16. The first-order valence-corrected chi connectivity index (χ1v) is 10.1. The Morgan fingerprint density at radius 1 is 1.07 bits per heavy atom. The number of ether oxygens (including phenoxy) is 1. The highest BCUT2D eigenvalue weighted by Crippen LogP contribution is 2.34. The van der Waals surface area contributed by atoms with Crippen molar-refractivity contribution in [1.82, 2.24) is 9.78 Å². The van der Waals surface area contributed by atoms with Crippen LogP contribution in [-0.4, -0.2) is 25.3 Å². The van der Waals surface area contributed by atoms with Crippen molar-refractivity contribution in [3.8, 4) is 22.7 Å². The average Bonchev–Trinajstić information content (AvgIpc) is 3.02. The van der Waals surface area contributed by atoms with E-state index in [1.807, 2.05) is 19.1 Å². The second-order valence-corrected chi connectivity index (χ2v) is 8.30. The summed E-state index contributed by atoms with van der Waals surface area (Å²) in [6.07, 6.45) is 0. The van der Waals surface area contributed by atoms with E-state index in [9.17, 15) is 8.42 Å². The van der Waals surface area contributed by atoms with Crippen LogP contribution in [0.5, 0.6) is 5.75 Å². The van der Waals surface area contributed by atoms with Crippen LogP contribution in [0, 0.1) is 6.92 Å². The van der Waals surface area contributed by atoms with Crippen LogP contribution < -0.4 is 9.88 Å². The minimum Gasteiger partial charge on any atom is -0.496 e. The summed E-state index contributed by atoms with van der Waals surface area (Å²) in [6, 6.07) is 14.4. The minimum absolute atomic E-state index is 0.0658. The molecule has 0 aliphatic carbocycles. The maximum atomic E-state index is 11.5. The zero-order chi connectivity index (χ0) is 19.8. The van der Waals surface area contributed by atoms with Crippen LogP contribution in [-0.2, 0) is 10.0 Å². The largest absolute Gasteiger partial charge is 0.496 e. The van der Waals surface area contributed by atoms with Crippen LogP contribution >= 0.6 is 0 Å². The lowest BCUT2D eigenvalue weighted by Gasteiger charge is -2.14. The Labute approximate surface area is 159 Å². The second-order valence-electron chi connectivity index (χ2n) is 6.74. The summed E-state index contributed by atoms with van der Waals surface area (Å²) < 4.78 is 30.3. The molecule has 3 aromatic rings. The molecule has 0 bridgehead atoms. The Morgan fingerprint density at radius 2 is 1.74 bits per heavy atom. The van der Waals surface area contributed by atoms with Crippen molar-refractivity contribution in [2.24, 2.45) is 5.14 Å². The van der Waals surface area contributed by atoms with E-state index in [2.05, 4.69) is 31.1 Å². The van der Waals surface area contributed by atoms with Crippen molar-refractivity contribution in [3.63, 3.8) is 0 Å². The Bertz CT molecular complexity index is 1070. The summed E-state index contributed by atoms with van der Waals surface area (Å²) in [5.74, 6) is 1.13. The smallest absolute Gasteiger partial charge is 0.238 e. The molecule has 1 heterocycles. The first kappa shape index (κ1) is 19.1. The zero-order valence-electron chi connectivity index (χ0n) is 15.8. The van der Waals surface area contributed by atoms with Crippen molar-refractivity contribution in [2.45, 2.75) is 31.6 Å². The highest BCUT2D eigenvalue weighted by atomic mass is 32.2. The number of hydrogen-bond acceptors (Lipinski definition) is 4. The van der Waals surface area contributed by atoms with E-state index in [1.54, 1.807) is 23.9 Å². The van der Waals surface area contributed by atoms with Gasteiger partial charge in [0.1, 0.15) is 5.75 Å². The number of methoxy groups -OCH3 is 1. The van der Waals surface area contributed by atoms with Crippen LogP contribution in [0.3, 0.4) is 0 Å². The number of sulfonamides is 1. The molecule has 0 aliphatic heterocycles. The summed E-state index contributed by atoms with van der Waals surface area (Å²) >= 11 is 0. The molecule has 0 amide bonds. The summed E-state index contributed by atoms with van der Waals surface area (Å²) in [7, 11) is -2.09. The van der Waals surface area contributed by atoms with E-state index in [4.69, 9.17) is 9.88 Å². The molecule has 3 rings (SSSR count). The van der Waals surface area contributed by atoms with Crippen molar-refractivity contribution in [3.05, 3.63) is 59.8 Å². The maximum absolute atomic E-state index is 11.5. The van der Waals surface area contributed by atoms with Crippen molar-refractivity contribution in [2.75, 3.05) is 7.11 Å². The van der Waals surface area contributed by atoms with Gasteiger partial charge in [-0.1, -0.05) is 19.9 Å². The van der Waals surface area contributed by atoms with Gasteiger partial charge in [-0.05, 0) is 60.9 Å². The summed E-state index contributed by atoms with van der Waals surface area (Å²) in [5, 5.41) is 9.77. The Morgan fingerprint density at radius 3 is 2.30 bits per heavy atom. The van der Waals surface area contributed by atoms with E-state index in [0.29, 0.717) is 5.92 Å². The first-order valence-electron chi connectivity index (χ1n) is 8.59. The fraction of sp³-hybridized carbons (Fsp3) is 0.250. The van der Waals surface area contributed by atoms with Gasteiger partial charge >= 0.3 is 0 Å². The van der Waals surface area contributed by atoms with Gasteiger partial charge in [0, 0.05) is 5.56 Å². The Kier molecular flexibility index (Phi) is 5.08. The van der Waals surface area contributed by atoms with Gasteiger partial charge < -0.3 is 4.74 Å². The van der Waals surface area contributed by atoms with Gasteiger partial charge in [-0.2, -0.15) is 5.10 Å². The third-order valence-electron chi connectivity index (χ3n) is 4.41. The molecule has 2 aromatic carbocycles. The zero-order valence-corrected chi connectivity index (χ0v) is 16.6. The summed E-state index contributed by atoms with van der Waals surface area (Å²) in [4.78, 5) is 0.0658. The van der Waals surface area contributed by atoms with E-state index in [1.165, 1.54) is 17.7 Å². The molecule has 0 aliphatic rings. The van der Waals surface area contributed by atoms with Crippen LogP contribution in [0.1, 0.15) is 31.0 Å². The Hall–Kier alpha value is -2.64. The van der Waals surface area contributed by atoms with E-state index >= 15 is 0 Å². The molecule has 0 saturated carbocycles. The van der Waals surface area contributed by atoms with Crippen molar-refractivity contribution in [1.29, 1.82) is 0 Å². The molecule has 0 radical (unpaired) electrons. The average molecular weight is 385 g/mol. The quantitative estimate of drug-likeness (QED) is 0.726. The summed E-state index contributed by atoms with van der Waals surface area (Å²) in [6.45, 7) is 6.19. The fourth-order valence-electron chi connectivity index (χ4n) is 2.95. The predicted molar refractivity (Wildman–Crippen MR) is 106 cm³/mol. The molecule has 142 valence electrons. The lowest BCUT2D eigenvalue weighted by atomic mass is 9.98. The van der Waals surface area contributed by atoms with Crippen molar-refractivity contribution >= 4 is 10.0 Å². The molecule has 0 unspecified atom stereocenters. The fourth-order valence-corrected chi connectivity index (χ4v) is 3.47. The molecule has 0 fully saturated rings. The van der Waals surface area contributed by atoms with Gasteiger partial charge in [-0.25, -0.2) is 18.2 Å². The number of primary sulfonamides is 1. The molecular formula is C20H23N3O3S. The van der Waals surface area contributed by atoms with Gasteiger partial charge in [0.25, 0.3) is 0 Å². The lowest BCUT2D eigenvalue weighted by Crippen LogP contribution is -2.12.